The van der Waals surface area contributed by atoms with Crippen LogP contribution in [0.4, 0.5) is 4.79 Å². The number of benzene rings is 1. The van der Waals surface area contributed by atoms with E-state index in [2.05, 4.69) is 17.6 Å². The van der Waals surface area contributed by atoms with Crippen LogP contribution in [0, 0.1) is 18.8 Å². The number of ether oxygens (including phenoxy) is 1. The van der Waals surface area contributed by atoms with Crippen LogP contribution in [-0.2, 0) is 14.3 Å². The van der Waals surface area contributed by atoms with Crippen LogP contribution < -0.4 is 10.6 Å². The molecule has 1 aromatic carbocycles. The molecule has 2 N–H and O–H groups in total. The lowest BCUT2D eigenvalue weighted by molar-refractivity contribution is -0.144. The third kappa shape index (κ3) is 7.21. The van der Waals surface area contributed by atoms with Crippen molar-refractivity contribution in [1.82, 2.24) is 15.5 Å². The number of nitrogens with one attached hydrogen (secondary N) is 2. The van der Waals surface area contributed by atoms with E-state index in [0.29, 0.717) is 6.42 Å². The normalized spacial score (nSPS) is 20.2. The monoisotopic (exact) mass is 473 g/mol. The molecule has 34 heavy (non-hydrogen) atoms. The summed E-state index contributed by atoms with van der Waals surface area (Å²) < 4.78 is 5.45. The molecule has 1 fully saturated rings. The smallest absolute Gasteiger partial charge is 0.408 e. The molecule has 1 saturated carbocycles. The first-order valence-electron chi connectivity index (χ1n) is 12.4. The molecule has 1 aliphatic carbocycles. The molecule has 2 rings (SSSR count). The number of hydrogen-bond donors (Lipinski definition) is 2. The molecule has 190 valence electrons. The lowest BCUT2D eigenvalue weighted by Gasteiger charge is -2.37. The minimum atomic E-state index is -0.800. The van der Waals surface area contributed by atoms with Gasteiger partial charge in [0.15, 0.2) is 0 Å². The van der Waals surface area contributed by atoms with Gasteiger partial charge in [0.2, 0.25) is 11.8 Å². The first-order chi connectivity index (χ1) is 15.8. The molecule has 7 nitrogen and oxygen atoms in total. The van der Waals surface area contributed by atoms with E-state index in [1.165, 1.54) is 0 Å². The van der Waals surface area contributed by atoms with Gasteiger partial charge in [0, 0.05) is 12.1 Å². The van der Waals surface area contributed by atoms with Gasteiger partial charge in [0.05, 0.1) is 0 Å². The summed E-state index contributed by atoms with van der Waals surface area (Å²) in [7, 11) is 0. The summed E-state index contributed by atoms with van der Waals surface area (Å²) in [5.74, 6) is -0.317. The molecule has 0 spiro atoms. The van der Waals surface area contributed by atoms with Crippen molar-refractivity contribution in [1.29, 1.82) is 0 Å². The average Bonchev–Trinajstić information content (AvgIpc) is 3.43. The topological polar surface area (TPSA) is 87.7 Å². The second-order valence-electron chi connectivity index (χ2n) is 11.0. The Kier molecular flexibility index (Phi) is 9.15. The summed E-state index contributed by atoms with van der Waals surface area (Å²) in [4.78, 5) is 42.1. The molecule has 1 aromatic rings. The van der Waals surface area contributed by atoms with Crippen molar-refractivity contribution < 1.29 is 19.1 Å². The van der Waals surface area contributed by atoms with Crippen LogP contribution in [0.3, 0.4) is 0 Å². The minimum absolute atomic E-state index is 0.0676. The van der Waals surface area contributed by atoms with Gasteiger partial charge in [-0.1, -0.05) is 51.5 Å². The van der Waals surface area contributed by atoms with Gasteiger partial charge in [-0.15, -0.1) is 0 Å². The summed E-state index contributed by atoms with van der Waals surface area (Å²) >= 11 is 0. The molecular weight excluding hydrogens is 430 g/mol. The summed E-state index contributed by atoms with van der Waals surface area (Å²) in [6.45, 7) is 17.1. The molecule has 0 saturated heterocycles. The highest BCUT2D eigenvalue weighted by Crippen LogP contribution is 2.41. The van der Waals surface area contributed by atoms with E-state index in [9.17, 15) is 14.4 Å². The highest BCUT2D eigenvalue weighted by molar-refractivity contribution is 5.93. The zero-order valence-corrected chi connectivity index (χ0v) is 22.3. The van der Waals surface area contributed by atoms with E-state index in [1.807, 2.05) is 58.9 Å². The van der Waals surface area contributed by atoms with Crippen LogP contribution in [0.5, 0.6) is 0 Å². The summed E-state index contributed by atoms with van der Waals surface area (Å²) in [5, 5.41) is 5.83. The Morgan fingerprint density at radius 3 is 2.18 bits per heavy atom. The van der Waals surface area contributed by atoms with Crippen molar-refractivity contribution in [3.8, 4) is 0 Å². The summed E-state index contributed by atoms with van der Waals surface area (Å²) in [6.07, 6.45) is 0.880. The fourth-order valence-electron chi connectivity index (χ4n) is 4.12. The maximum atomic E-state index is 14.2. The van der Waals surface area contributed by atoms with Crippen molar-refractivity contribution in [2.75, 3.05) is 0 Å². The van der Waals surface area contributed by atoms with E-state index < -0.39 is 23.8 Å². The van der Waals surface area contributed by atoms with Gasteiger partial charge in [-0.25, -0.2) is 4.79 Å². The van der Waals surface area contributed by atoms with E-state index in [0.717, 1.165) is 17.5 Å². The molecule has 0 radical (unpaired) electrons. The number of alkyl carbamates (subject to hydrolysis) is 1. The van der Waals surface area contributed by atoms with Crippen LogP contribution in [0.2, 0.25) is 0 Å². The summed E-state index contributed by atoms with van der Waals surface area (Å²) in [5.41, 5.74) is 1.06. The van der Waals surface area contributed by atoms with E-state index in [1.54, 1.807) is 25.7 Å². The second-order valence-corrected chi connectivity index (χ2v) is 11.0. The van der Waals surface area contributed by atoms with Crippen molar-refractivity contribution in [3.05, 3.63) is 35.4 Å². The van der Waals surface area contributed by atoms with Crippen molar-refractivity contribution in [2.24, 2.45) is 11.8 Å². The molecule has 0 aliphatic heterocycles. The number of nitrogens with zero attached hydrogens (tertiary/aromatic N) is 1. The fourth-order valence-corrected chi connectivity index (χ4v) is 4.12. The predicted octanol–water partition coefficient (Wildman–Crippen LogP) is 4.74. The van der Waals surface area contributed by atoms with Gasteiger partial charge in [0.25, 0.3) is 0 Å². The SMILES string of the molecule is CCC(C)C(NC(=O)OC(C)(C)C)C(=O)N(C(C(=O)NC(C)C)c1ccccc1C)C1CC1C. The van der Waals surface area contributed by atoms with E-state index in [4.69, 9.17) is 4.74 Å². The van der Waals surface area contributed by atoms with Gasteiger partial charge in [-0.2, -0.15) is 0 Å². The Balaban J connectivity index is 2.52. The Morgan fingerprint density at radius 1 is 1.12 bits per heavy atom. The van der Waals surface area contributed by atoms with Gasteiger partial charge in [-0.3, -0.25) is 9.59 Å². The minimum Gasteiger partial charge on any atom is -0.444 e. The van der Waals surface area contributed by atoms with E-state index >= 15 is 0 Å². The van der Waals surface area contributed by atoms with Gasteiger partial charge in [0.1, 0.15) is 17.7 Å². The zero-order valence-electron chi connectivity index (χ0n) is 22.3. The highest BCUT2D eigenvalue weighted by Gasteiger charge is 2.49. The largest absolute Gasteiger partial charge is 0.444 e. The van der Waals surface area contributed by atoms with Crippen LogP contribution in [0.1, 0.15) is 85.4 Å². The van der Waals surface area contributed by atoms with Crippen molar-refractivity contribution in [2.45, 2.75) is 105 Å². The highest BCUT2D eigenvalue weighted by atomic mass is 16.6. The molecule has 7 heteroatoms. The van der Waals surface area contributed by atoms with Gasteiger partial charge >= 0.3 is 6.09 Å². The van der Waals surface area contributed by atoms with Crippen molar-refractivity contribution in [3.63, 3.8) is 0 Å². The maximum absolute atomic E-state index is 14.2. The van der Waals surface area contributed by atoms with Crippen LogP contribution in [-0.4, -0.2) is 46.5 Å². The molecular formula is C27H43N3O4. The van der Waals surface area contributed by atoms with Crippen LogP contribution in [0.25, 0.3) is 0 Å². The Bertz CT molecular complexity index is 877. The predicted molar refractivity (Wildman–Crippen MR) is 134 cm³/mol. The Hall–Kier alpha value is -2.57. The molecule has 5 atom stereocenters. The number of carbonyl (C=O) groups is 3. The number of amides is 3. The summed E-state index contributed by atoms with van der Waals surface area (Å²) in [6, 6.07) is 5.96. The molecule has 1 aliphatic rings. The quantitative estimate of drug-likeness (QED) is 0.542. The number of aryl methyl sites for hydroxylation is 1. The average molecular weight is 474 g/mol. The van der Waals surface area contributed by atoms with E-state index in [-0.39, 0.29) is 35.7 Å². The fraction of sp³-hybridized carbons (Fsp3) is 0.667. The molecule has 0 heterocycles. The standard InChI is InChI=1S/C27H43N3O4/c1-10-17(4)22(29-26(33)34-27(7,8)9)25(32)30(21-15-19(21)6)23(24(31)28-16(2)3)20-14-12-11-13-18(20)5/h11-14,16-17,19,21-23H,10,15H2,1-9H3,(H,28,31)(H,29,33). The lowest BCUT2D eigenvalue weighted by atomic mass is 9.94. The van der Waals surface area contributed by atoms with Crippen molar-refractivity contribution >= 4 is 17.9 Å². The Morgan fingerprint density at radius 2 is 1.71 bits per heavy atom. The number of rotatable bonds is 9. The number of hydrogen-bond acceptors (Lipinski definition) is 4. The molecule has 0 aromatic heterocycles. The van der Waals surface area contributed by atoms with Gasteiger partial charge < -0.3 is 20.3 Å². The second kappa shape index (κ2) is 11.2. The van der Waals surface area contributed by atoms with Crippen LogP contribution in [0.15, 0.2) is 24.3 Å². The molecule has 5 unspecified atom stereocenters. The van der Waals surface area contributed by atoms with Crippen LogP contribution >= 0.6 is 0 Å². The first kappa shape index (κ1) is 27.7. The van der Waals surface area contributed by atoms with Gasteiger partial charge in [-0.05, 0) is 70.9 Å². The third-order valence-electron chi connectivity index (χ3n) is 6.27. The first-order valence-corrected chi connectivity index (χ1v) is 12.4. The molecule has 0 bridgehead atoms. The Labute approximate surface area is 205 Å². The lowest BCUT2D eigenvalue weighted by Crippen LogP contribution is -2.56. The maximum Gasteiger partial charge on any atom is 0.408 e. The zero-order chi connectivity index (χ0) is 25.8. The molecule has 3 amide bonds. The number of carbonyl (C=O) groups excluding carboxylic acids is 3. The third-order valence-corrected chi connectivity index (χ3v) is 6.27.